The fourth-order valence-electron chi connectivity index (χ4n) is 5.47. The lowest BCUT2D eigenvalue weighted by atomic mass is 9.84. The lowest BCUT2D eigenvalue weighted by Gasteiger charge is -2.44. The molecular formula is C30H35N3O3. The largest absolute Gasteiger partial charge is 0.508 e. The van der Waals surface area contributed by atoms with Crippen LogP contribution in [0.25, 0.3) is 0 Å². The van der Waals surface area contributed by atoms with Gasteiger partial charge in [-0.2, -0.15) is 0 Å². The lowest BCUT2D eigenvalue weighted by Crippen LogP contribution is -2.51. The van der Waals surface area contributed by atoms with Crippen LogP contribution < -0.4 is 10.2 Å². The SMILES string of the molecule is CCCOC1(c2ccccc2)CCN(CCN2c3ccc(O)cc3C(=O)NC2c2ccccc2)CC1. The predicted octanol–water partition coefficient (Wildman–Crippen LogP) is 5.06. The Morgan fingerprint density at radius 2 is 1.67 bits per heavy atom. The fourth-order valence-corrected chi connectivity index (χ4v) is 5.47. The molecule has 3 aromatic carbocycles. The minimum absolute atomic E-state index is 0.0994. The summed E-state index contributed by atoms with van der Waals surface area (Å²) in [6.45, 7) is 6.47. The Morgan fingerprint density at radius 1 is 0.972 bits per heavy atom. The highest BCUT2D eigenvalue weighted by Gasteiger charge is 2.38. The molecule has 0 spiro atoms. The molecule has 1 fully saturated rings. The van der Waals surface area contributed by atoms with E-state index >= 15 is 0 Å². The number of piperidine rings is 1. The van der Waals surface area contributed by atoms with Crippen molar-refractivity contribution < 1.29 is 14.6 Å². The molecule has 2 N–H and O–H groups in total. The predicted molar refractivity (Wildman–Crippen MR) is 142 cm³/mol. The molecule has 36 heavy (non-hydrogen) atoms. The molecule has 2 aliphatic rings. The van der Waals surface area contributed by atoms with Gasteiger partial charge in [-0.15, -0.1) is 0 Å². The van der Waals surface area contributed by atoms with Gasteiger partial charge < -0.3 is 25.0 Å². The van der Waals surface area contributed by atoms with Crippen molar-refractivity contribution in [1.29, 1.82) is 0 Å². The summed E-state index contributed by atoms with van der Waals surface area (Å²) in [7, 11) is 0. The number of benzene rings is 3. The number of likely N-dealkylation sites (tertiary alicyclic amines) is 1. The molecular weight excluding hydrogens is 450 g/mol. The van der Waals surface area contributed by atoms with Crippen LogP contribution in [0.4, 0.5) is 5.69 Å². The number of ether oxygens (including phenoxy) is 1. The zero-order chi connectivity index (χ0) is 25.0. The number of anilines is 1. The maximum atomic E-state index is 12.9. The third-order valence-corrected chi connectivity index (χ3v) is 7.43. The van der Waals surface area contributed by atoms with Crippen molar-refractivity contribution in [3.63, 3.8) is 0 Å². The van der Waals surface area contributed by atoms with Crippen molar-refractivity contribution in [3.05, 3.63) is 95.6 Å². The van der Waals surface area contributed by atoms with Crippen LogP contribution in [0.3, 0.4) is 0 Å². The molecule has 6 nitrogen and oxygen atoms in total. The van der Waals surface area contributed by atoms with E-state index in [9.17, 15) is 9.90 Å². The van der Waals surface area contributed by atoms with Crippen LogP contribution in [-0.2, 0) is 10.3 Å². The van der Waals surface area contributed by atoms with Gasteiger partial charge >= 0.3 is 0 Å². The van der Waals surface area contributed by atoms with E-state index in [4.69, 9.17) is 4.74 Å². The van der Waals surface area contributed by atoms with Gasteiger partial charge in [-0.1, -0.05) is 67.6 Å². The van der Waals surface area contributed by atoms with Gasteiger partial charge in [0.2, 0.25) is 0 Å². The average Bonchev–Trinajstić information content (AvgIpc) is 2.93. The first-order chi connectivity index (χ1) is 17.6. The number of amides is 1. The zero-order valence-corrected chi connectivity index (χ0v) is 20.9. The normalized spacial score (nSPS) is 19.5. The smallest absolute Gasteiger partial charge is 0.255 e. The molecule has 3 aromatic rings. The zero-order valence-electron chi connectivity index (χ0n) is 20.9. The van der Waals surface area contributed by atoms with Crippen molar-refractivity contribution >= 4 is 11.6 Å². The van der Waals surface area contributed by atoms with E-state index in [0.29, 0.717) is 5.56 Å². The summed E-state index contributed by atoms with van der Waals surface area (Å²) in [5.41, 5.74) is 3.46. The highest BCUT2D eigenvalue weighted by atomic mass is 16.5. The standard InChI is InChI=1S/C30H35N3O3/c1-2-21-36-30(24-11-7-4-8-12-24)15-17-32(18-16-30)19-20-33-27-14-13-25(34)22-26(27)29(35)31-28(33)23-9-5-3-6-10-23/h3-14,22,28,34H,2,15-21H2,1H3,(H,31,35). The van der Waals surface area contributed by atoms with Crippen LogP contribution >= 0.6 is 0 Å². The second-order valence-corrected chi connectivity index (χ2v) is 9.73. The number of fused-ring (bicyclic) bond motifs is 1. The Labute approximate surface area is 213 Å². The van der Waals surface area contributed by atoms with E-state index in [-0.39, 0.29) is 23.4 Å². The molecule has 2 heterocycles. The molecule has 0 aromatic heterocycles. The number of aromatic hydroxyl groups is 1. The Balaban J connectivity index is 1.32. The number of rotatable bonds is 8. The molecule has 1 amide bonds. The van der Waals surface area contributed by atoms with Crippen LogP contribution in [0.1, 0.15) is 53.8 Å². The maximum Gasteiger partial charge on any atom is 0.255 e. The summed E-state index contributed by atoms with van der Waals surface area (Å²) >= 11 is 0. The van der Waals surface area contributed by atoms with E-state index in [1.165, 1.54) is 5.56 Å². The molecule has 188 valence electrons. The van der Waals surface area contributed by atoms with Crippen LogP contribution in [0.2, 0.25) is 0 Å². The van der Waals surface area contributed by atoms with E-state index in [0.717, 1.165) is 63.3 Å². The van der Waals surface area contributed by atoms with Gasteiger partial charge in [0.1, 0.15) is 11.9 Å². The minimum atomic E-state index is -0.253. The van der Waals surface area contributed by atoms with Gasteiger partial charge in [0.15, 0.2) is 0 Å². The lowest BCUT2D eigenvalue weighted by molar-refractivity contribution is -0.0894. The molecule has 0 radical (unpaired) electrons. The number of carbonyl (C=O) groups excluding carboxylic acids is 1. The van der Waals surface area contributed by atoms with E-state index in [2.05, 4.69) is 52.4 Å². The molecule has 1 atom stereocenters. The Hall–Kier alpha value is -3.35. The molecule has 1 unspecified atom stereocenters. The highest BCUT2D eigenvalue weighted by molar-refractivity contribution is 6.02. The van der Waals surface area contributed by atoms with Gasteiger partial charge in [0.05, 0.1) is 16.9 Å². The number of hydrogen-bond acceptors (Lipinski definition) is 5. The summed E-state index contributed by atoms with van der Waals surface area (Å²) < 4.78 is 6.48. The topological polar surface area (TPSA) is 65.0 Å². The van der Waals surface area contributed by atoms with E-state index in [1.54, 1.807) is 12.1 Å². The molecule has 2 aliphatic heterocycles. The van der Waals surface area contributed by atoms with Crippen molar-refractivity contribution in [2.24, 2.45) is 0 Å². The molecule has 1 saturated heterocycles. The number of carbonyl (C=O) groups is 1. The summed E-state index contributed by atoms with van der Waals surface area (Å²) in [6, 6.07) is 25.8. The van der Waals surface area contributed by atoms with Crippen molar-refractivity contribution in [2.45, 2.75) is 38.0 Å². The number of hydrogen-bond donors (Lipinski definition) is 2. The van der Waals surface area contributed by atoms with E-state index < -0.39 is 0 Å². The number of phenols is 1. The quantitative estimate of drug-likeness (QED) is 0.467. The van der Waals surface area contributed by atoms with E-state index in [1.807, 2.05) is 36.4 Å². The van der Waals surface area contributed by atoms with Gasteiger partial charge in [-0.3, -0.25) is 4.79 Å². The maximum absolute atomic E-state index is 12.9. The number of nitrogens with zero attached hydrogens (tertiary/aromatic N) is 2. The fraction of sp³-hybridized carbons (Fsp3) is 0.367. The monoisotopic (exact) mass is 485 g/mol. The third kappa shape index (κ3) is 4.97. The highest BCUT2D eigenvalue weighted by Crippen LogP contribution is 2.38. The Kier molecular flexibility index (Phi) is 7.25. The van der Waals surface area contributed by atoms with Crippen LogP contribution in [0.15, 0.2) is 78.9 Å². The molecule has 0 bridgehead atoms. The third-order valence-electron chi connectivity index (χ3n) is 7.43. The second kappa shape index (κ2) is 10.7. The van der Waals surface area contributed by atoms with Crippen LogP contribution in [0, 0.1) is 0 Å². The average molecular weight is 486 g/mol. The minimum Gasteiger partial charge on any atom is -0.508 e. The van der Waals surface area contributed by atoms with Crippen molar-refractivity contribution in [3.8, 4) is 5.75 Å². The Morgan fingerprint density at radius 3 is 2.36 bits per heavy atom. The summed E-state index contributed by atoms with van der Waals surface area (Å²) in [5.74, 6) is -0.0629. The van der Waals surface area contributed by atoms with Crippen molar-refractivity contribution in [1.82, 2.24) is 10.2 Å². The summed E-state index contributed by atoms with van der Waals surface area (Å²) in [6.07, 6.45) is 2.67. The van der Waals surface area contributed by atoms with Crippen LogP contribution in [0.5, 0.6) is 5.75 Å². The molecule has 0 aliphatic carbocycles. The number of phenolic OH excluding ortho intramolecular Hbond substituents is 1. The molecule has 6 heteroatoms. The number of nitrogens with one attached hydrogen (secondary N) is 1. The first-order valence-electron chi connectivity index (χ1n) is 13.0. The summed E-state index contributed by atoms with van der Waals surface area (Å²) in [5, 5.41) is 13.1. The first kappa shape index (κ1) is 24.3. The second-order valence-electron chi connectivity index (χ2n) is 9.73. The summed E-state index contributed by atoms with van der Waals surface area (Å²) in [4.78, 5) is 17.6. The molecule has 0 saturated carbocycles. The van der Waals surface area contributed by atoms with Gasteiger partial charge in [0, 0.05) is 32.8 Å². The van der Waals surface area contributed by atoms with Crippen molar-refractivity contribution in [2.75, 3.05) is 37.7 Å². The van der Waals surface area contributed by atoms with Gasteiger partial charge in [0.25, 0.3) is 5.91 Å². The molecule has 5 rings (SSSR count). The Bertz CT molecular complexity index is 1160. The van der Waals surface area contributed by atoms with Gasteiger partial charge in [-0.05, 0) is 48.6 Å². The first-order valence-corrected chi connectivity index (χ1v) is 13.0. The van der Waals surface area contributed by atoms with Gasteiger partial charge in [-0.25, -0.2) is 0 Å². The van der Waals surface area contributed by atoms with Crippen LogP contribution in [-0.4, -0.2) is 48.7 Å².